The van der Waals surface area contributed by atoms with Crippen molar-refractivity contribution in [3.05, 3.63) is 23.8 Å². The third-order valence-electron chi connectivity index (χ3n) is 5.28. The summed E-state index contributed by atoms with van der Waals surface area (Å²) in [6.45, 7) is 9.08. The maximum Gasteiger partial charge on any atom is 0.231 e. The number of hydrogen-bond donors (Lipinski definition) is 0. The summed E-state index contributed by atoms with van der Waals surface area (Å²) < 4.78 is 10.8. The van der Waals surface area contributed by atoms with Gasteiger partial charge in [-0.15, -0.1) is 0 Å². The minimum Gasteiger partial charge on any atom is -0.454 e. The largest absolute Gasteiger partial charge is 0.454 e. The Balaban J connectivity index is 1.49. The van der Waals surface area contributed by atoms with Gasteiger partial charge in [0, 0.05) is 38.6 Å². The van der Waals surface area contributed by atoms with Gasteiger partial charge in [-0.25, -0.2) is 0 Å². The molecule has 0 aliphatic carbocycles. The van der Waals surface area contributed by atoms with Gasteiger partial charge in [0.2, 0.25) is 12.7 Å². The lowest BCUT2D eigenvalue weighted by molar-refractivity contribution is -0.137. The molecule has 2 aliphatic heterocycles. The number of carbonyl (C=O) groups is 1. The first-order chi connectivity index (χ1) is 12.2. The quantitative estimate of drug-likeness (QED) is 0.760. The Labute approximate surface area is 150 Å². The minimum atomic E-state index is 0.209. The molecule has 1 fully saturated rings. The van der Waals surface area contributed by atoms with Crippen LogP contribution < -0.4 is 9.47 Å². The number of nitrogens with zero attached hydrogens (tertiary/aromatic N) is 2. The van der Waals surface area contributed by atoms with Crippen molar-refractivity contribution in [1.29, 1.82) is 0 Å². The summed E-state index contributed by atoms with van der Waals surface area (Å²) in [5, 5.41) is 0. The summed E-state index contributed by atoms with van der Waals surface area (Å²) in [5.74, 6) is 2.24. The van der Waals surface area contributed by atoms with E-state index in [0.717, 1.165) is 69.9 Å². The summed E-state index contributed by atoms with van der Waals surface area (Å²) in [6.07, 6.45) is 4.29. The first-order valence-corrected chi connectivity index (χ1v) is 9.61. The van der Waals surface area contributed by atoms with Crippen LogP contribution in [0.2, 0.25) is 0 Å². The molecule has 1 aromatic rings. The topological polar surface area (TPSA) is 42.0 Å². The summed E-state index contributed by atoms with van der Waals surface area (Å²) in [7, 11) is 0. The van der Waals surface area contributed by atoms with E-state index < -0.39 is 0 Å². The average molecular weight is 346 g/mol. The molecule has 2 aliphatic rings. The fourth-order valence-electron chi connectivity index (χ4n) is 3.63. The number of amides is 1. The summed E-state index contributed by atoms with van der Waals surface area (Å²) >= 11 is 0. The number of benzene rings is 1. The van der Waals surface area contributed by atoms with Crippen LogP contribution in [0, 0.1) is 5.92 Å². The van der Waals surface area contributed by atoms with Crippen molar-refractivity contribution in [3.8, 4) is 11.5 Å². The standard InChI is InChI=1S/C20H30N2O3/c1-3-5-6-17(4-2)20(23)22-11-9-21(10-12-22)14-16-7-8-18-19(13-16)25-15-24-18/h7-8,13,17H,3-6,9-12,14-15H2,1-2H3. The average Bonchev–Trinajstić information content (AvgIpc) is 3.10. The Bertz CT molecular complexity index is 582. The number of fused-ring (bicyclic) bond motifs is 1. The zero-order valence-corrected chi connectivity index (χ0v) is 15.5. The molecule has 1 saturated heterocycles. The van der Waals surface area contributed by atoms with Crippen LogP contribution in [0.25, 0.3) is 0 Å². The summed E-state index contributed by atoms with van der Waals surface area (Å²) in [4.78, 5) is 17.2. The molecular formula is C20H30N2O3. The number of piperazine rings is 1. The number of rotatable bonds is 7. The van der Waals surface area contributed by atoms with E-state index >= 15 is 0 Å². The Morgan fingerprint density at radius 1 is 1.12 bits per heavy atom. The van der Waals surface area contributed by atoms with Crippen LogP contribution in [0.4, 0.5) is 0 Å². The van der Waals surface area contributed by atoms with E-state index in [1.54, 1.807) is 0 Å². The number of ether oxygens (including phenoxy) is 2. The Morgan fingerprint density at radius 3 is 2.60 bits per heavy atom. The number of carbonyl (C=O) groups excluding carboxylic acids is 1. The van der Waals surface area contributed by atoms with E-state index in [-0.39, 0.29) is 5.92 Å². The zero-order chi connectivity index (χ0) is 17.6. The molecule has 0 spiro atoms. The number of unbranched alkanes of at least 4 members (excludes halogenated alkanes) is 1. The molecule has 0 aromatic heterocycles. The van der Waals surface area contributed by atoms with Gasteiger partial charge in [-0.3, -0.25) is 9.69 Å². The third-order valence-corrected chi connectivity index (χ3v) is 5.28. The van der Waals surface area contributed by atoms with Crippen molar-refractivity contribution in [2.24, 2.45) is 5.92 Å². The Morgan fingerprint density at radius 2 is 1.88 bits per heavy atom. The monoisotopic (exact) mass is 346 g/mol. The van der Waals surface area contributed by atoms with E-state index in [1.807, 2.05) is 6.07 Å². The highest BCUT2D eigenvalue weighted by Gasteiger charge is 2.26. The molecule has 2 heterocycles. The molecular weight excluding hydrogens is 316 g/mol. The van der Waals surface area contributed by atoms with Crippen LogP contribution in [-0.2, 0) is 11.3 Å². The maximum atomic E-state index is 12.7. The third kappa shape index (κ3) is 4.46. The van der Waals surface area contributed by atoms with E-state index in [4.69, 9.17) is 9.47 Å². The van der Waals surface area contributed by atoms with E-state index in [1.165, 1.54) is 5.56 Å². The molecule has 1 amide bonds. The smallest absolute Gasteiger partial charge is 0.231 e. The Hall–Kier alpha value is -1.75. The van der Waals surface area contributed by atoms with Crippen molar-refractivity contribution in [2.45, 2.75) is 46.1 Å². The van der Waals surface area contributed by atoms with Gasteiger partial charge >= 0.3 is 0 Å². The highest BCUT2D eigenvalue weighted by atomic mass is 16.7. The molecule has 0 saturated carbocycles. The molecule has 0 radical (unpaired) electrons. The lowest BCUT2D eigenvalue weighted by Crippen LogP contribution is -2.49. The van der Waals surface area contributed by atoms with Crippen LogP contribution in [0.3, 0.4) is 0 Å². The molecule has 138 valence electrons. The fraction of sp³-hybridized carbons (Fsp3) is 0.650. The summed E-state index contributed by atoms with van der Waals surface area (Å²) in [5.41, 5.74) is 1.23. The van der Waals surface area contributed by atoms with Gasteiger partial charge in [0.15, 0.2) is 11.5 Å². The van der Waals surface area contributed by atoms with Gasteiger partial charge in [0.05, 0.1) is 0 Å². The van der Waals surface area contributed by atoms with Crippen molar-refractivity contribution < 1.29 is 14.3 Å². The molecule has 0 N–H and O–H groups in total. The maximum absolute atomic E-state index is 12.7. The molecule has 3 rings (SSSR count). The second-order valence-corrected chi connectivity index (χ2v) is 7.04. The Kier molecular flexibility index (Phi) is 6.19. The lowest BCUT2D eigenvalue weighted by Gasteiger charge is -2.36. The van der Waals surface area contributed by atoms with Gasteiger partial charge in [-0.1, -0.05) is 32.8 Å². The zero-order valence-electron chi connectivity index (χ0n) is 15.5. The van der Waals surface area contributed by atoms with E-state index in [9.17, 15) is 4.79 Å². The second kappa shape index (κ2) is 8.56. The van der Waals surface area contributed by atoms with Crippen molar-refractivity contribution in [3.63, 3.8) is 0 Å². The molecule has 0 bridgehead atoms. The first-order valence-electron chi connectivity index (χ1n) is 9.61. The highest BCUT2D eigenvalue weighted by molar-refractivity contribution is 5.78. The van der Waals surface area contributed by atoms with Gasteiger partial charge in [0.25, 0.3) is 0 Å². The molecule has 25 heavy (non-hydrogen) atoms. The molecule has 1 aromatic carbocycles. The predicted octanol–water partition coefficient (Wildman–Crippen LogP) is 3.28. The van der Waals surface area contributed by atoms with Crippen molar-refractivity contribution in [1.82, 2.24) is 9.80 Å². The van der Waals surface area contributed by atoms with Crippen LogP contribution >= 0.6 is 0 Å². The number of hydrogen-bond acceptors (Lipinski definition) is 4. The van der Waals surface area contributed by atoms with Gasteiger partial charge in [-0.05, 0) is 30.5 Å². The lowest BCUT2D eigenvalue weighted by atomic mass is 9.97. The first kappa shape index (κ1) is 18.1. The molecule has 5 nitrogen and oxygen atoms in total. The van der Waals surface area contributed by atoms with E-state index in [0.29, 0.717) is 12.7 Å². The van der Waals surface area contributed by atoms with Gasteiger partial charge < -0.3 is 14.4 Å². The summed E-state index contributed by atoms with van der Waals surface area (Å²) in [6, 6.07) is 6.15. The van der Waals surface area contributed by atoms with Gasteiger partial charge in [-0.2, -0.15) is 0 Å². The normalized spacial score (nSPS) is 18.4. The van der Waals surface area contributed by atoms with Crippen LogP contribution in [0.15, 0.2) is 18.2 Å². The van der Waals surface area contributed by atoms with Crippen LogP contribution in [0.5, 0.6) is 11.5 Å². The second-order valence-electron chi connectivity index (χ2n) is 7.04. The van der Waals surface area contributed by atoms with Crippen molar-refractivity contribution in [2.75, 3.05) is 33.0 Å². The molecule has 5 heteroatoms. The van der Waals surface area contributed by atoms with Crippen molar-refractivity contribution >= 4 is 5.91 Å². The highest BCUT2D eigenvalue weighted by Crippen LogP contribution is 2.32. The minimum absolute atomic E-state index is 0.209. The van der Waals surface area contributed by atoms with E-state index in [2.05, 4.69) is 35.8 Å². The molecule has 1 unspecified atom stereocenters. The SMILES string of the molecule is CCCCC(CC)C(=O)N1CCN(Cc2ccc3c(c2)OCO3)CC1. The predicted molar refractivity (Wildman–Crippen MR) is 97.7 cm³/mol. The fourth-order valence-corrected chi connectivity index (χ4v) is 3.63. The molecule has 1 atom stereocenters. The van der Waals surface area contributed by atoms with Crippen LogP contribution in [-0.4, -0.2) is 48.7 Å². The van der Waals surface area contributed by atoms with Gasteiger partial charge in [0.1, 0.15) is 0 Å². The van der Waals surface area contributed by atoms with Crippen LogP contribution in [0.1, 0.15) is 45.1 Å².